The Morgan fingerprint density at radius 3 is 2.10 bits per heavy atom. The topological polar surface area (TPSA) is 61.9 Å². The van der Waals surface area contributed by atoms with Gasteiger partial charge in [0, 0.05) is 36.7 Å². The number of nitrogens with one attached hydrogen (secondary N) is 1. The molecule has 2 aromatic carbocycles. The lowest BCUT2D eigenvalue weighted by atomic mass is 9.83. The van der Waals surface area contributed by atoms with Crippen molar-refractivity contribution in [3.05, 3.63) is 59.1 Å². The standard InChI is InChI=1S/C32H46ClN3O2.C2H6.CH2O/c1-4-20-36(31(37)30(34-3)23-25-8-6-5-7-9-25)32(2)18-21-35(22-19-32)24-26-10-14-28(15-11-26)38-29-16-12-27(33)13-17-29;2*1-2/h10-17,25,30,34H,4-9,18-24H2,1-3H3;1-2H3;1H2/t30-;;/m1../s1. The summed E-state index contributed by atoms with van der Waals surface area (Å²) in [6.07, 6.45) is 10.5. The van der Waals surface area contributed by atoms with E-state index in [0.717, 1.165) is 63.4 Å². The van der Waals surface area contributed by atoms with Crippen molar-refractivity contribution in [2.45, 2.75) is 104 Å². The van der Waals surface area contributed by atoms with Crippen LogP contribution in [0.4, 0.5) is 0 Å². The minimum Gasteiger partial charge on any atom is -0.457 e. The van der Waals surface area contributed by atoms with Crippen molar-refractivity contribution in [2.24, 2.45) is 5.92 Å². The highest BCUT2D eigenvalue weighted by Crippen LogP contribution is 2.33. The van der Waals surface area contributed by atoms with E-state index in [1.165, 1.54) is 37.7 Å². The number of likely N-dealkylation sites (tertiary alicyclic amines) is 1. The maximum atomic E-state index is 13.8. The first-order valence-electron chi connectivity index (χ1n) is 15.9. The normalized spacial score (nSPS) is 17.6. The van der Waals surface area contributed by atoms with Crippen LogP contribution in [0.5, 0.6) is 11.5 Å². The van der Waals surface area contributed by atoms with Gasteiger partial charge in [-0.1, -0.05) is 76.6 Å². The van der Waals surface area contributed by atoms with Crippen molar-refractivity contribution in [1.82, 2.24) is 15.1 Å². The summed E-state index contributed by atoms with van der Waals surface area (Å²) in [6, 6.07) is 15.7. The molecule has 1 aliphatic heterocycles. The van der Waals surface area contributed by atoms with Crippen LogP contribution >= 0.6 is 11.6 Å². The van der Waals surface area contributed by atoms with E-state index in [4.69, 9.17) is 21.1 Å². The molecule has 234 valence electrons. The fraction of sp³-hybridized carbons (Fsp3) is 0.600. The summed E-state index contributed by atoms with van der Waals surface area (Å²) < 4.78 is 5.94. The number of halogens is 1. The molecule has 2 aromatic rings. The van der Waals surface area contributed by atoms with Gasteiger partial charge in [0.15, 0.2) is 0 Å². The predicted octanol–water partition coefficient (Wildman–Crippen LogP) is 8.13. The Morgan fingerprint density at radius 1 is 1.02 bits per heavy atom. The third kappa shape index (κ3) is 10.7. The maximum absolute atomic E-state index is 13.8. The maximum Gasteiger partial charge on any atom is 0.240 e. The van der Waals surface area contributed by atoms with E-state index in [0.29, 0.717) is 16.8 Å². The van der Waals surface area contributed by atoms with Gasteiger partial charge in [-0.2, -0.15) is 0 Å². The fourth-order valence-electron chi connectivity index (χ4n) is 6.18. The van der Waals surface area contributed by atoms with E-state index in [9.17, 15) is 4.79 Å². The molecule has 1 saturated carbocycles. The second-order valence-corrected chi connectivity index (χ2v) is 12.0. The number of carbonyl (C=O) groups excluding carboxylic acids is 2. The van der Waals surface area contributed by atoms with Gasteiger partial charge in [0.1, 0.15) is 18.3 Å². The van der Waals surface area contributed by atoms with Crippen LogP contribution in [-0.4, -0.2) is 60.8 Å². The van der Waals surface area contributed by atoms with Crippen LogP contribution in [0.15, 0.2) is 48.5 Å². The smallest absolute Gasteiger partial charge is 0.240 e. The zero-order valence-electron chi connectivity index (χ0n) is 26.7. The Morgan fingerprint density at radius 2 is 1.57 bits per heavy atom. The number of hydrogen-bond acceptors (Lipinski definition) is 5. The highest BCUT2D eigenvalue weighted by Gasteiger charge is 2.40. The lowest BCUT2D eigenvalue weighted by Gasteiger charge is -2.48. The number of ether oxygens (including phenoxy) is 1. The number of likely N-dealkylation sites (N-methyl/N-ethyl adjacent to an activating group) is 1. The molecule has 1 atom stereocenters. The molecule has 6 nitrogen and oxygen atoms in total. The molecule has 0 radical (unpaired) electrons. The highest BCUT2D eigenvalue weighted by molar-refractivity contribution is 6.30. The summed E-state index contributed by atoms with van der Waals surface area (Å²) in [5.74, 6) is 2.60. The van der Waals surface area contributed by atoms with Crippen LogP contribution in [0.1, 0.15) is 91.0 Å². The van der Waals surface area contributed by atoms with E-state index in [-0.39, 0.29) is 11.6 Å². The quantitative estimate of drug-likeness (QED) is 0.282. The molecule has 1 heterocycles. The van der Waals surface area contributed by atoms with Gasteiger partial charge in [-0.05, 0) is 87.5 Å². The largest absolute Gasteiger partial charge is 0.457 e. The number of carbonyl (C=O) groups is 2. The Labute approximate surface area is 260 Å². The first-order valence-corrected chi connectivity index (χ1v) is 16.3. The van der Waals surface area contributed by atoms with Crippen LogP contribution in [0.3, 0.4) is 0 Å². The third-order valence-electron chi connectivity index (χ3n) is 8.62. The van der Waals surface area contributed by atoms with Gasteiger partial charge in [-0.25, -0.2) is 0 Å². The number of benzene rings is 2. The van der Waals surface area contributed by atoms with Gasteiger partial charge < -0.3 is 19.7 Å². The molecule has 0 spiro atoms. The Hall–Kier alpha value is -2.41. The molecule has 1 aliphatic carbocycles. The van der Waals surface area contributed by atoms with E-state index in [2.05, 4.69) is 41.1 Å². The van der Waals surface area contributed by atoms with Crippen molar-refractivity contribution in [1.29, 1.82) is 0 Å². The SMILES string of the molecule is C=O.CC.CCCN(C(=O)[C@@H](CC1CCCCC1)NC)C1(C)CCN(Cc2ccc(Oc3ccc(Cl)cc3)cc2)CC1. The fourth-order valence-corrected chi connectivity index (χ4v) is 6.30. The molecule has 1 N–H and O–H groups in total. The number of piperidine rings is 1. The van der Waals surface area contributed by atoms with Crippen LogP contribution in [0, 0.1) is 5.92 Å². The molecule has 2 fully saturated rings. The Kier molecular flexibility index (Phi) is 16.2. The van der Waals surface area contributed by atoms with Crippen molar-refractivity contribution >= 4 is 24.3 Å². The minimum absolute atomic E-state index is 0.0619. The zero-order valence-corrected chi connectivity index (χ0v) is 27.4. The average molecular weight is 600 g/mol. The van der Waals surface area contributed by atoms with Gasteiger partial charge in [-0.15, -0.1) is 0 Å². The minimum atomic E-state index is -0.0818. The molecule has 4 rings (SSSR count). The van der Waals surface area contributed by atoms with E-state index in [1.807, 2.05) is 64.1 Å². The molecule has 7 heteroatoms. The summed E-state index contributed by atoms with van der Waals surface area (Å²) in [7, 11) is 1.96. The Balaban J connectivity index is 0.00000148. The van der Waals surface area contributed by atoms with Gasteiger partial charge in [0.05, 0.1) is 6.04 Å². The second-order valence-electron chi connectivity index (χ2n) is 11.5. The van der Waals surface area contributed by atoms with Gasteiger partial charge in [0.25, 0.3) is 0 Å². The van der Waals surface area contributed by atoms with Gasteiger partial charge >= 0.3 is 0 Å². The summed E-state index contributed by atoms with van der Waals surface area (Å²) in [5.41, 5.74) is 1.20. The van der Waals surface area contributed by atoms with Crippen LogP contribution < -0.4 is 10.1 Å². The van der Waals surface area contributed by atoms with Crippen molar-refractivity contribution in [3.63, 3.8) is 0 Å². The van der Waals surface area contributed by atoms with Crippen LogP contribution in [0.25, 0.3) is 0 Å². The Bertz CT molecular complexity index is 1020. The third-order valence-corrected chi connectivity index (χ3v) is 8.87. The molecule has 2 aliphatic rings. The summed E-state index contributed by atoms with van der Waals surface area (Å²) in [5, 5.41) is 4.09. The lowest BCUT2D eigenvalue weighted by Crippen LogP contribution is -2.59. The van der Waals surface area contributed by atoms with E-state index >= 15 is 0 Å². The molecule has 0 aromatic heterocycles. The predicted molar refractivity (Wildman–Crippen MR) is 175 cm³/mol. The molecular formula is C35H54ClN3O3. The monoisotopic (exact) mass is 599 g/mol. The molecule has 1 amide bonds. The first-order chi connectivity index (χ1) is 20.4. The van der Waals surface area contributed by atoms with E-state index in [1.54, 1.807) is 0 Å². The molecule has 1 saturated heterocycles. The number of nitrogens with zero attached hydrogens (tertiary/aromatic N) is 2. The number of rotatable bonds is 11. The van der Waals surface area contributed by atoms with Crippen molar-refractivity contribution in [2.75, 3.05) is 26.7 Å². The zero-order chi connectivity index (χ0) is 31.0. The van der Waals surface area contributed by atoms with Gasteiger partial charge in [-0.3, -0.25) is 9.69 Å². The van der Waals surface area contributed by atoms with Crippen molar-refractivity contribution < 1.29 is 14.3 Å². The first kappa shape index (κ1) is 35.8. The summed E-state index contributed by atoms with van der Waals surface area (Å²) in [6.45, 7) is 14.3. The van der Waals surface area contributed by atoms with Crippen molar-refractivity contribution in [3.8, 4) is 11.5 Å². The molecule has 0 bridgehead atoms. The molecule has 0 unspecified atom stereocenters. The number of amides is 1. The number of hydrogen-bond donors (Lipinski definition) is 1. The van der Waals surface area contributed by atoms with Crippen LogP contribution in [-0.2, 0) is 16.1 Å². The highest BCUT2D eigenvalue weighted by atomic mass is 35.5. The average Bonchev–Trinajstić information content (AvgIpc) is 3.04. The van der Waals surface area contributed by atoms with Gasteiger partial charge in [0.2, 0.25) is 5.91 Å². The lowest BCUT2D eigenvalue weighted by molar-refractivity contribution is -0.142. The summed E-state index contributed by atoms with van der Waals surface area (Å²) in [4.78, 5) is 26.6. The van der Waals surface area contributed by atoms with E-state index < -0.39 is 0 Å². The summed E-state index contributed by atoms with van der Waals surface area (Å²) >= 11 is 5.97. The second kappa shape index (κ2) is 19.0. The van der Waals surface area contributed by atoms with Crippen LogP contribution in [0.2, 0.25) is 5.02 Å². The molecule has 42 heavy (non-hydrogen) atoms. The molecular weight excluding hydrogens is 546 g/mol.